The number of carbonyl (C=O) groups is 1. The molecule has 4 heteroatoms. The molecule has 0 saturated carbocycles. The maximum atomic E-state index is 11.4. The molecule has 1 aliphatic rings. The van der Waals surface area contributed by atoms with Gasteiger partial charge in [-0.2, -0.15) is 0 Å². The van der Waals surface area contributed by atoms with Gasteiger partial charge in [0.25, 0.3) is 0 Å². The van der Waals surface area contributed by atoms with Crippen LogP contribution in [0.4, 0.5) is 5.69 Å². The minimum absolute atomic E-state index is 0.216. The van der Waals surface area contributed by atoms with Crippen molar-refractivity contribution < 1.29 is 7.86 Å². The predicted molar refractivity (Wildman–Crippen MR) is 62.7 cm³/mol. The highest BCUT2D eigenvalue weighted by Gasteiger charge is 2.21. The maximum absolute atomic E-state index is 11.4. The van der Waals surface area contributed by atoms with Crippen LogP contribution >= 0.6 is 23.0 Å². The summed E-state index contributed by atoms with van der Waals surface area (Å²) in [7, 11) is 0. The summed E-state index contributed by atoms with van der Waals surface area (Å²) >= 11 is 1.84. The molecule has 1 heterocycles. The Balaban J connectivity index is 2.20. The number of hydrogen-bond donors (Lipinski definition) is 0. The van der Waals surface area contributed by atoms with Crippen LogP contribution in [0.3, 0.4) is 0 Å². The standard InChI is InChI=1S/C10H10INO2/c11-14-9-5-3-8(4-6-9)12-7-1-2-10(12)13/h3-6H,1-2,7H2. The summed E-state index contributed by atoms with van der Waals surface area (Å²) in [6, 6.07) is 7.56. The average Bonchev–Trinajstić information content (AvgIpc) is 2.65. The van der Waals surface area contributed by atoms with E-state index in [4.69, 9.17) is 3.07 Å². The van der Waals surface area contributed by atoms with Crippen molar-refractivity contribution in [2.45, 2.75) is 12.8 Å². The number of anilines is 1. The zero-order valence-electron chi connectivity index (χ0n) is 7.57. The minimum Gasteiger partial charge on any atom is -0.428 e. The van der Waals surface area contributed by atoms with E-state index in [0.717, 1.165) is 24.4 Å². The number of hydrogen-bond acceptors (Lipinski definition) is 2. The van der Waals surface area contributed by atoms with E-state index in [2.05, 4.69) is 0 Å². The third-order valence-electron chi connectivity index (χ3n) is 2.31. The van der Waals surface area contributed by atoms with Crippen LogP contribution in [0.1, 0.15) is 12.8 Å². The van der Waals surface area contributed by atoms with E-state index in [1.807, 2.05) is 52.2 Å². The van der Waals surface area contributed by atoms with Crippen molar-refractivity contribution in [3.63, 3.8) is 0 Å². The second-order valence-electron chi connectivity index (χ2n) is 3.22. The first-order valence-electron chi connectivity index (χ1n) is 4.50. The van der Waals surface area contributed by atoms with Gasteiger partial charge >= 0.3 is 0 Å². The summed E-state index contributed by atoms with van der Waals surface area (Å²) in [6.45, 7) is 0.837. The Labute approximate surface area is 96.7 Å². The largest absolute Gasteiger partial charge is 0.428 e. The molecule has 1 aromatic carbocycles. The normalized spacial score (nSPS) is 16.1. The molecule has 1 amide bonds. The molecule has 0 aromatic heterocycles. The van der Waals surface area contributed by atoms with Crippen molar-refractivity contribution in [1.29, 1.82) is 0 Å². The highest BCUT2D eigenvalue weighted by Crippen LogP contribution is 2.24. The van der Waals surface area contributed by atoms with Crippen LogP contribution in [0.15, 0.2) is 24.3 Å². The van der Waals surface area contributed by atoms with Gasteiger partial charge in [0.2, 0.25) is 5.91 Å². The van der Waals surface area contributed by atoms with Crippen LogP contribution in [0.2, 0.25) is 0 Å². The number of rotatable bonds is 2. The molecule has 0 aliphatic carbocycles. The Hall–Kier alpha value is -0.780. The van der Waals surface area contributed by atoms with Gasteiger partial charge in [-0.3, -0.25) is 4.79 Å². The highest BCUT2D eigenvalue weighted by atomic mass is 127. The van der Waals surface area contributed by atoms with Crippen LogP contribution < -0.4 is 7.97 Å². The number of amides is 1. The number of halogens is 1. The molecule has 1 saturated heterocycles. The summed E-state index contributed by atoms with van der Waals surface area (Å²) < 4.78 is 5.03. The van der Waals surface area contributed by atoms with E-state index < -0.39 is 0 Å². The quantitative estimate of drug-likeness (QED) is 0.786. The Bertz CT molecular complexity index is 336. The third kappa shape index (κ3) is 1.84. The van der Waals surface area contributed by atoms with Gasteiger partial charge in [0.15, 0.2) is 23.0 Å². The minimum atomic E-state index is 0.216. The number of carbonyl (C=O) groups excluding carboxylic acids is 1. The molecule has 14 heavy (non-hydrogen) atoms. The Morgan fingerprint density at radius 2 is 2.00 bits per heavy atom. The van der Waals surface area contributed by atoms with Gasteiger partial charge in [0.05, 0.1) is 0 Å². The summed E-state index contributed by atoms with van der Waals surface area (Å²) in [5, 5.41) is 0. The monoisotopic (exact) mass is 303 g/mol. The zero-order valence-corrected chi connectivity index (χ0v) is 9.73. The van der Waals surface area contributed by atoms with Crippen LogP contribution in [0, 0.1) is 0 Å². The SMILES string of the molecule is O=C1CCCN1c1ccc(OI)cc1. The molecule has 1 fully saturated rings. The van der Waals surface area contributed by atoms with Crippen LogP contribution in [-0.4, -0.2) is 12.5 Å². The van der Waals surface area contributed by atoms with Gasteiger partial charge in [-0.1, -0.05) is 0 Å². The fourth-order valence-electron chi connectivity index (χ4n) is 1.60. The van der Waals surface area contributed by atoms with Gasteiger partial charge in [-0.15, -0.1) is 0 Å². The first-order valence-corrected chi connectivity index (χ1v) is 5.38. The fourth-order valence-corrected chi connectivity index (χ4v) is 1.89. The molecule has 1 aromatic rings. The van der Waals surface area contributed by atoms with E-state index >= 15 is 0 Å². The molecule has 0 N–H and O–H groups in total. The first kappa shape index (κ1) is 9.76. The van der Waals surface area contributed by atoms with Crippen molar-refractivity contribution in [3.8, 4) is 5.75 Å². The second-order valence-corrected chi connectivity index (χ2v) is 3.66. The average molecular weight is 303 g/mol. The van der Waals surface area contributed by atoms with E-state index in [9.17, 15) is 4.79 Å². The van der Waals surface area contributed by atoms with Crippen molar-refractivity contribution in [3.05, 3.63) is 24.3 Å². The van der Waals surface area contributed by atoms with Crippen molar-refractivity contribution in [2.75, 3.05) is 11.4 Å². The molecule has 0 unspecified atom stereocenters. The molecule has 3 nitrogen and oxygen atoms in total. The van der Waals surface area contributed by atoms with E-state index in [-0.39, 0.29) is 5.91 Å². The molecule has 0 atom stereocenters. The smallest absolute Gasteiger partial charge is 0.227 e. The van der Waals surface area contributed by atoms with Gasteiger partial charge < -0.3 is 7.97 Å². The van der Waals surface area contributed by atoms with Crippen molar-refractivity contribution >= 4 is 34.6 Å². The molecular formula is C10H10INO2. The molecule has 74 valence electrons. The Kier molecular flexibility index (Phi) is 2.90. The highest BCUT2D eigenvalue weighted by molar-refractivity contribution is 14.1. The van der Waals surface area contributed by atoms with Crippen molar-refractivity contribution in [2.24, 2.45) is 0 Å². The maximum Gasteiger partial charge on any atom is 0.227 e. The van der Waals surface area contributed by atoms with E-state index in [0.29, 0.717) is 6.42 Å². The van der Waals surface area contributed by atoms with Crippen LogP contribution in [-0.2, 0) is 4.79 Å². The lowest BCUT2D eigenvalue weighted by Gasteiger charge is -2.15. The zero-order chi connectivity index (χ0) is 9.97. The fraction of sp³-hybridized carbons (Fsp3) is 0.300. The molecule has 0 radical (unpaired) electrons. The summed E-state index contributed by atoms with van der Waals surface area (Å²) in [5.41, 5.74) is 0.963. The molecule has 0 spiro atoms. The topological polar surface area (TPSA) is 29.5 Å². The Morgan fingerprint density at radius 1 is 1.29 bits per heavy atom. The van der Waals surface area contributed by atoms with E-state index in [1.165, 1.54) is 0 Å². The van der Waals surface area contributed by atoms with Gasteiger partial charge in [0, 0.05) is 18.7 Å². The lowest BCUT2D eigenvalue weighted by atomic mass is 10.3. The van der Waals surface area contributed by atoms with Crippen LogP contribution in [0.5, 0.6) is 5.75 Å². The molecule has 1 aliphatic heterocycles. The second kappa shape index (κ2) is 4.16. The summed E-state index contributed by atoms with van der Waals surface area (Å²) in [4.78, 5) is 13.2. The number of benzene rings is 1. The molecular weight excluding hydrogens is 293 g/mol. The molecule has 2 rings (SSSR count). The lowest BCUT2D eigenvalue weighted by Crippen LogP contribution is -2.23. The summed E-state index contributed by atoms with van der Waals surface area (Å²) in [5.74, 6) is 1.02. The van der Waals surface area contributed by atoms with Gasteiger partial charge in [0.1, 0.15) is 5.75 Å². The van der Waals surface area contributed by atoms with Gasteiger partial charge in [-0.25, -0.2) is 0 Å². The summed E-state index contributed by atoms with van der Waals surface area (Å²) in [6.07, 6.45) is 1.63. The van der Waals surface area contributed by atoms with Gasteiger partial charge in [-0.05, 0) is 30.7 Å². The van der Waals surface area contributed by atoms with E-state index in [1.54, 1.807) is 0 Å². The lowest BCUT2D eigenvalue weighted by molar-refractivity contribution is -0.117. The van der Waals surface area contributed by atoms with Crippen LogP contribution in [0.25, 0.3) is 0 Å². The predicted octanol–water partition coefficient (Wildman–Crippen LogP) is 2.54. The van der Waals surface area contributed by atoms with Crippen molar-refractivity contribution in [1.82, 2.24) is 0 Å². The Morgan fingerprint density at radius 3 is 2.50 bits per heavy atom. The first-order chi connectivity index (χ1) is 6.81. The number of nitrogens with zero attached hydrogens (tertiary/aromatic N) is 1. The molecule has 0 bridgehead atoms. The third-order valence-corrected chi connectivity index (χ3v) is 2.82.